The van der Waals surface area contributed by atoms with Crippen molar-refractivity contribution >= 4 is 22.6 Å². The van der Waals surface area contributed by atoms with Crippen LogP contribution in [0.4, 0.5) is 0 Å². The Morgan fingerprint density at radius 2 is 1.43 bits per heavy atom. The molecule has 0 aromatic heterocycles. The van der Waals surface area contributed by atoms with E-state index in [4.69, 9.17) is 9.31 Å². The Morgan fingerprint density at radius 3 is 1.96 bits per heavy atom. The van der Waals surface area contributed by atoms with Crippen LogP contribution in [0.15, 0.2) is 53.4 Å². The van der Waals surface area contributed by atoms with E-state index in [2.05, 4.69) is 4.72 Å². The summed E-state index contributed by atoms with van der Waals surface area (Å²) in [6, 6.07) is 14.8. The highest BCUT2D eigenvalue weighted by atomic mass is 32.2. The highest BCUT2D eigenvalue weighted by molar-refractivity contribution is 7.89. The molecule has 2 aromatic carbocycles. The first-order valence-corrected chi connectivity index (χ1v) is 11.0. The van der Waals surface area contributed by atoms with Gasteiger partial charge in [-0.3, -0.25) is 0 Å². The Kier molecular flexibility index (Phi) is 5.74. The molecule has 150 valence electrons. The van der Waals surface area contributed by atoms with Crippen molar-refractivity contribution in [3.63, 3.8) is 0 Å². The van der Waals surface area contributed by atoms with Crippen molar-refractivity contribution in [2.45, 2.75) is 57.1 Å². The van der Waals surface area contributed by atoms with E-state index in [1.54, 1.807) is 24.3 Å². The minimum Gasteiger partial charge on any atom is -0.399 e. The quantitative estimate of drug-likeness (QED) is 0.757. The van der Waals surface area contributed by atoms with Crippen LogP contribution >= 0.6 is 0 Å². The third-order valence-corrected chi connectivity index (χ3v) is 7.02. The van der Waals surface area contributed by atoms with Crippen LogP contribution in [0, 0.1) is 6.92 Å². The van der Waals surface area contributed by atoms with Gasteiger partial charge in [0.25, 0.3) is 0 Å². The third-order valence-electron chi connectivity index (χ3n) is 5.54. The maximum absolute atomic E-state index is 12.3. The highest BCUT2D eigenvalue weighted by Gasteiger charge is 2.51. The van der Waals surface area contributed by atoms with Crippen molar-refractivity contribution in [1.29, 1.82) is 0 Å². The van der Waals surface area contributed by atoms with Gasteiger partial charge in [-0.05, 0) is 64.2 Å². The van der Waals surface area contributed by atoms with Gasteiger partial charge in [0.05, 0.1) is 16.1 Å². The molecule has 0 atom stereocenters. The van der Waals surface area contributed by atoms with Crippen LogP contribution in [-0.2, 0) is 25.8 Å². The minimum atomic E-state index is -3.48. The minimum absolute atomic E-state index is 0.286. The van der Waals surface area contributed by atoms with Crippen LogP contribution in [0.25, 0.3) is 0 Å². The average Bonchev–Trinajstić information content (AvgIpc) is 2.83. The summed E-state index contributed by atoms with van der Waals surface area (Å²) in [4.78, 5) is 0.286. The fourth-order valence-electron chi connectivity index (χ4n) is 2.95. The lowest BCUT2D eigenvalue weighted by Crippen LogP contribution is -2.41. The number of hydrogen-bond donors (Lipinski definition) is 1. The summed E-state index contributed by atoms with van der Waals surface area (Å²) in [6.07, 6.45) is 0.606. The molecule has 0 spiro atoms. The Bertz CT molecular complexity index is 906. The summed E-state index contributed by atoms with van der Waals surface area (Å²) >= 11 is 0. The molecule has 1 N–H and O–H groups in total. The van der Waals surface area contributed by atoms with Gasteiger partial charge in [0, 0.05) is 6.54 Å². The van der Waals surface area contributed by atoms with E-state index in [1.165, 1.54) is 0 Å². The molecule has 0 amide bonds. The van der Waals surface area contributed by atoms with Gasteiger partial charge in [-0.1, -0.05) is 42.0 Å². The van der Waals surface area contributed by atoms with E-state index in [0.29, 0.717) is 13.0 Å². The maximum atomic E-state index is 12.3. The topological polar surface area (TPSA) is 64.6 Å². The molecule has 28 heavy (non-hydrogen) atoms. The molecule has 0 saturated carbocycles. The average molecular weight is 401 g/mol. The molecule has 1 saturated heterocycles. The Balaban J connectivity index is 1.57. The summed E-state index contributed by atoms with van der Waals surface area (Å²) in [5.41, 5.74) is 2.30. The number of rotatable bonds is 6. The van der Waals surface area contributed by atoms with Gasteiger partial charge in [0.2, 0.25) is 10.0 Å². The van der Waals surface area contributed by atoms with Crippen molar-refractivity contribution in [3.8, 4) is 0 Å². The molecule has 1 fully saturated rings. The fourth-order valence-corrected chi connectivity index (χ4v) is 3.98. The Morgan fingerprint density at radius 1 is 0.893 bits per heavy atom. The summed E-state index contributed by atoms with van der Waals surface area (Å²) in [7, 11) is -3.87. The predicted molar refractivity (Wildman–Crippen MR) is 112 cm³/mol. The molecule has 3 rings (SSSR count). The van der Waals surface area contributed by atoms with Gasteiger partial charge in [0.15, 0.2) is 0 Å². The van der Waals surface area contributed by atoms with Crippen LogP contribution < -0.4 is 10.2 Å². The second kappa shape index (κ2) is 7.63. The van der Waals surface area contributed by atoms with Crippen LogP contribution in [0.3, 0.4) is 0 Å². The molecule has 0 bridgehead atoms. The number of nitrogens with one attached hydrogen (secondary N) is 1. The molecule has 1 aliphatic rings. The Labute approximate surface area is 168 Å². The summed E-state index contributed by atoms with van der Waals surface area (Å²) in [6.45, 7) is 10.4. The molecule has 5 nitrogen and oxygen atoms in total. The molecule has 2 aromatic rings. The molecule has 1 heterocycles. The lowest BCUT2D eigenvalue weighted by molar-refractivity contribution is 0.00578. The van der Waals surface area contributed by atoms with Crippen LogP contribution in [0.5, 0.6) is 0 Å². The van der Waals surface area contributed by atoms with Gasteiger partial charge in [0.1, 0.15) is 0 Å². The van der Waals surface area contributed by atoms with Gasteiger partial charge in [-0.2, -0.15) is 0 Å². The van der Waals surface area contributed by atoms with Crippen LogP contribution in [-0.4, -0.2) is 33.3 Å². The van der Waals surface area contributed by atoms with E-state index in [9.17, 15) is 8.42 Å². The predicted octanol–water partition coefficient (Wildman–Crippen LogP) is 2.82. The lowest BCUT2D eigenvalue weighted by Gasteiger charge is -2.32. The van der Waals surface area contributed by atoms with Crippen molar-refractivity contribution in [1.82, 2.24) is 4.72 Å². The van der Waals surface area contributed by atoms with Crippen LogP contribution in [0.2, 0.25) is 0 Å². The van der Waals surface area contributed by atoms with E-state index >= 15 is 0 Å². The normalized spacial score (nSPS) is 18.4. The first-order chi connectivity index (χ1) is 13.0. The zero-order chi connectivity index (χ0) is 20.6. The van der Waals surface area contributed by atoms with Gasteiger partial charge < -0.3 is 9.31 Å². The van der Waals surface area contributed by atoms with Crippen molar-refractivity contribution in [3.05, 3.63) is 59.7 Å². The molecular formula is C21H28BNO4S. The number of benzene rings is 2. The molecule has 0 radical (unpaired) electrons. The standard InChI is InChI=1S/C21H28BNO4S/c1-16-6-12-19(13-7-16)28(24,25)23-15-14-17-8-10-18(11-9-17)22-26-20(2,3)21(4,5)27-22/h6-13,23H,14-15H2,1-5H3. The SMILES string of the molecule is Cc1ccc(S(=O)(=O)NCCc2ccc(B3OC(C)(C)C(C)(C)O3)cc2)cc1. The van der Waals surface area contributed by atoms with Crippen LogP contribution in [0.1, 0.15) is 38.8 Å². The van der Waals surface area contributed by atoms with Gasteiger partial charge in [-0.25, -0.2) is 13.1 Å². The lowest BCUT2D eigenvalue weighted by atomic mass is 9.79. The monoisotopic (exact) mass is 401 g/mol. The molecule has 0 aliphatic carbocycles. The van der Waals surface area contributed by atoms with E-state index in [-0.39, 0.29) is 23.2 Å². The summed E-state index contributed by atoms with van der Waals surface area (Å²) in [5, 5.41) is 0. The Hall–Kier alpha value is -1.67. The van der Waals surface area contributed by atoms with Crippen molar-refractivity contribution in [2.75, 3.05) is 6.54 Å². The zero-order valence-electron chi connectivity index (χ0n) is 17.2. The largest absolute Gasteiger partial charge is 0.494 e. The first-order valence-electron chi connectivity index (χ1n) is 9.51. The first kappa shape index (κ1) is 21.1. The van der Waals surface area contributed by atoms with E-state index in [0.717, 1.165) is 16.6 Å². The van der Waals surface area contributed by atoms with E-state index in [1.807, 2.05) is 58.9 Å². The zero-order valence-corrected chi connectivity index (χ0v) is 18.0. The van der Waals surface area contributed by atoms with E-state index < -0.39 is 10.0 Å². The van der Waals surface area contributed by atoms with Gasteiger partial charge in [-0.15, -0.1) is 0 Å². The smallest absolute Gasteiger partial charge is 0.399 e. The molecular weight excluding hydrogens is 373 g/mol. The number of sulfonamides is 1. The highest BCUT2D eigenvalue weighted by Crippen LogP contribution is 2.36. The summed E-state index contributed by atoms with van der Waals surface area (Å²) < 4.78 is 39.5. The molecule has 7 heteroatoms. The molecule has 1 aliphatic heterocycles. The second-order valence-electron chi connectivity index (χ2n) is 8.29. The fraction of sp³-hybridized carbons (Fsp3) is 0.429. The number of aryl methyl sites for hydroxylation is 1. The van der Waals surface area contributed by atoms with Gasteiger partial charge >= 0.3 is 7.12 Å². The molecule has 0 unspecified atom stereocenters. The van der Waals surface area contributed by atoms with Crippen molar-refractivity contribution in [2.24, 2.45) is 0 Å². The third kappa shape index (κ3) is 4.49. The number of hydrogen-bond acceptors (Lipinski definition) is 4. The second-order valence-corrected chi connectivity index (χ2v) is 10.1. The maximum Gasteiger partial charge on any atom is 0.494 e. The van der Waals surface area contributed by atoms with Crippen molar-refractivity contribution < 1.29 is 17.7 Å². The summed E-state index contributed by atoms with van der Waals surface area (Å²) in [5.74, 6) is 0.